The van der Waals surface area contributed by atoms with Crippen LogP contribution in [-0.2, 0) is 6.54 Å². The van der Waals surface area contributed by atoms with Gasteiger partial charge in [0.2, 0.25) is 0 Å². The number of ether oxygens (including phenoxy) is 1. The molecule has 0 radical (unpaired) electrons. The van der Waals surface area contributed by atoms with Crippen LogP contribution in [0.25, 0.3) is 22.6 Å². The topological polar surface area (TPSA) is 96.9 Å². The molecule has 4 rings (SSSR count). The number of rotatable bonds is 9. The van der Waals surface area contributed by atoms with E-state index in [9.17, 15) is 9.18 Å². The first kappa shape index (κ1) is 24.7. The monoisotopic (exact) mass is 484 g/mol. The summed E-state index contributed by atoms with van der Waals surface area (Å²) in [6, 6.07) is 16.5. The molecular formula is C27H25FN6O2. The van der Waals surface area contributed by atoms with Crippen LogP contribution >= 0.6 is 0 Å². The van der Waals surface area contributed by atoms with Crippen LogP contribution in [0.3, 0.4) is 0 Å². The highest BCUT2D eigenvalue weighted by Gasteiger charge is 2.09. The molecule has 0 saturated carbocycles. The maximum atomic E-state index is 13.7. The summed E-state index contributed by atoms with van der Waals surface area (Å²) < 4.78 is 20.7. The predicted octanol–water partition coefficient (Wildman–Crippen LogP) is 3.76. The second-order valence-electron chi connectivity index (χ2n) is 8.47. The molecule has 182 valence electrons. The quantitative estimate of drug-likeness (QED) is 0.334. The van der Waals surface area contributed by atoms with Crippen LogP contribution in [0.4, 0.5) is 4.39 Å². The molecule has 0 saturated heterocycles. The van der Waals surface area contributed by atoms with Gasteiger partial charge >= 0.3 is 0 Å². The smallest absolute Gasteiger partial charge is 0.267 e. The van der Waals surface area contributed by atoms with Crippen LogP contribution in [0.2, 0.25) is 0 Å². The molecule has 0 unspecified atom stereocenters. The first-order valence-corrected chi connectivity index (χ1v) is 11.4. The van der Waals surface area contributed by atoms with Crippen LogP contribution in [0, 0.1) is 17.1 Å². The van der Waals surface area contributed by atoms with E-state index in [1.54, 1.807) is 18.5 Å². The normalized spacial score (nSPS) is 10.9. The van der Waals surface area contributed by atoms with E-state index in [-0.39, 0.29) is 17.7 Å². The summed E-state index contributed by atoms with van der Waals surface area (Å²) in [6.07, 6.45) is 4.21. The maximum Gasteiger partial charge on any atom is 0.267 e. The summed E-state index contributed by atoms with van der Waals surface area (Å²) in [6.45, 7) is 1.75. The first-order valence-electron chi connectivity index (χ1n) is 11.4. The molecule has 0 spiro atoms. The molecule has 0 fully saturated rings. The van der Waals surface area contributed by atoms with Gasteiger partial charge in [-0.2, -0.15) is 10.4 Å². The fourth-order valence-electron chi connectivity index (χ4n) is 3.58. The maximum absolute atomic E-state index is 13.7. The Morgan fingerprint density at radius 3 is 2.61 bits per heavy atom. The van der Waals surface area contributed by atoms with Crippen LogP contribution in [0.5, 0.6) is 5.75 Å². The van der Waals surface area contributed by atoms with E-state index in [2.05, 4.69) is 20.0 Å². The molecule has 8 nitrogen and oxygen atoms in total. The molecule has 2 aromatic heterocycles. The van der Waals surface area contributed by atoms with Crippen molar-refractivity contribution in [2.24, 2.45) is 0 Å². The van der Waals surface area contributed by atoms with Crippen molar-refractivity contribution >= 4 is 0 Å². The standard InChI is InChI=1S/C27H25FN6O2/c1-33(2)11-4-12-36-23-16-30-27(31-17-23)21-6-3-5-19(13-21)18-34-26(35)10-9-25(32-34)20-7-8-24(28)22(14-20)15-29/h3,5-10,13-14,16-17H,4,11-12,18H2,1-2H3. The molecule has 9 heteroatoms. The molecule has 2 heterocycles. The molecule has 0 aliphatic carbocycles. The van der Waals surface area contributed by atoms with Gasteiger partial charge in [0.1, 0.15) is 11.9 Å². The molecule has 0 bridgehead atoms. The highest BCUT2D eigenvalue weighted by atomic mass is 19.1. The van der Waals surface area contributed by atoms with Gasteiger partial charge in [0, 0.05) is 23.7 Å². The second kappa shape index (κ2) is 11.3. The average Bonchev–Trinajstić information content (AvgIpc) is 2.89. The summed E-state index contributed by atoms with van der Waals surface area (Å²) >= 11 is 0. The highest BCUT2D eigenvalue weighted by molar-refractivity contribution is 5.61. The number of halogens is 1. The number of aromatic nitrogens is 4. The van der Waals surface area contributed by atoms with Gasteiger partial charge in [0.25, 0.3) is 5.56 Å². The van der Waals surface area contributed by atoms with E-state index in [1.807, 2.05) is 44.4 Å². The lowest BCUT2D eigenvalue weighted by Gasteiger charge is -2.10. The summed E-state index contributed by atoms with van der Waals surface area (Å²) in [4.78, 5) is 23.4. The Hall–Kier alpha value is -4.42. The van der Waals surface area contributed by atoms with Crippen molar-refractivity contribution in [3.05, 3.63) is 94.3 Å². The number of nitrogens with zero attached hydrogens (tertiary/aromatic N) is 6. The van der Waals surface area contributed by atoms with Gasteiger partial charge in [-0.25, -0.2) is 19.0 Å². The van der Waals surface area contributed by atoms with Crippen molar-refractivity contribution in [3.63, 3.8) is 0 Å². The zero-order chi connectivity index (χ0) is 25.5. The molecule has 0 atom stereocenters. The lowest BCUT2D eigenvalue weighted by molar-refractivity contribution is 0.280. The summed E-state index contributed by atoms with van der Waals surface area (Å²) in [5.41, 5.74) is 2.29. The lowest BCUT2D eigenvalue weighted by Crippen LogP contribution is -2.22. The van der Waals surface area contributed by atoms with Crippen molar-refractivity contribution in [2.45, 2.75) is 13.0 Å². The molecule has 4 aromatic rings. The molecule has 2 aromatic carbocycles. The minimum Gasteiger partial charge on any atom is -0.490 e. The van der Waals surface area contributed by atoms with Crippen molar-refractivity contribution in [1.82, 2.24) is 24.6 Å². The third kappa shape index (κ3) is 6.17. The fourth-order valence-corrected chi connectivity index (χ4v) is 3.58. The van der Waals surface area contributed by atoms with Crippen LogP contribution < -0.4 is 10.3 Å². The molecule has 0 aliphatic heterocycles. The Balaban J connectivity index is 1.50. The van der Waals surface area contributed by atoms with E-state index in [1.165, 1.54) is 28.9 Å². The average molecular weight is 485 g/mol. The molecular weight excluding hydrogens is 459 g/mol. The van der Waals surface area contributed by atoms with Crippen LogP contribution in [0.1, 0.15) is 17.5 Å². The van der Waals surface area contributed by atoms with Crippen molar-refractivity contribution in [2.75, 3.05) is 27.2 Å². The second-order valence-corrected chi connectivity index (χ2v) is 8.47. The number of hydrogen-bond acceptors (Lipinski definition) is 7. The SMILES string of the molecule is CN(C)CCCOc1cnc(-c2cccc(Cn3nc(-c4ccc(F)c(C#N)c4)ccc3=O)c2)nc1. The Kier molecular flexibility index (Phi) is 7.78. The Morgan fingerprint density at radius 1 is 1.06 bits per heavy atom. The van der Waals surface area contributed by atoms with Gasteiger partial charge in [0.05, 0.1) is 36.8 Å². The van der Waals surface area contributed by atoms with E-state index >= 15 is 0 Å². The predicted molar refractivity (Wildman–Crippen MR) is 134 cm³/mol. The van der Waals surface area contributed by atoms with Crippen LogP contribution in [-0.4, -0.2) is 51.9 Å². The van der Waals surface area contributed by atoms with E-state index in [4.69, 9.17) is 10.00 Å². The zero-order valence-corrected chi connectivity index (χ0v) is 20.1. The first-order chi connectivity index (χ1) is 17.4. The minimum atomic E-state index is -0.600. The summed E-state index contributed by atoms with van der Waals surface area (Å²) in [7, 11) is 4.04. The van der Waals surface area contributed by atoms with Gasteiger partial charge in [0.15, 0.2) is 11.6 Å². The molecule has 0 aliphatic rings. The summed E-state index contributed by atoms with van der Waals surface area (Å²) in [5.74, 6) is 0.556. The number of hydrogen-bond donors (Lipinski definition) is 0. The third-order valence-corrected chi connectivity index (χ3v) is 5.41. The largest absolute Gasteiger partial charge is 0.490 e. The Morgan fingerprint density at radius 2 is 1.86 bits per heavy atom. The van der Waals surface area contributed by atoms with Crippen molar-refractivity contribution in [3.8, 4) is 34.5 Å². The van der Waals surface area contributed by atoms with Gasteiger partial charge < -0.3 is 9.64 Å². The summed E-state index contributed by atoms with van der Waals surface area (Å²) in [5, 5.41) is 13.5. The highest BCUT2D eigenvalue weighted by Crippen LogP contribution is 2.21. The van der Waals surface area contributed by atoms with Crippen molar-refractivity contribution in [1.29, 1.82) is 5.26 Å². The van der Waals surface area contributed by atoms with E-state index < -0.39 is 5.82 Å². The fraction of sp³-hybridized carbons (Fsp3) is 0.222. The lowest BCUT2D eigenvalue weighted by atomic mass is 10.1. The van der Waals surface area contributed by atoms with Gasteiger partial charge in [-0.05, 0) is 56.4 Å². The Bertz CT molecular complexity index is 1440. The number of benzene rings is 2. The molecule has 0 amide bonds. The van der Waals surface area contributed by atoms with E-state index in [0.29, 0.717) is 29.4 Å². The minimum absolute atomic E-state index is 0.0790. The number of nitriles is 1. The van der Waals surface area contributed by atoms with Crippen LogP contribution in [0.15, 0.2) is 71.8 Å². The van der Waals surface area contributed by atoms with Gasteiger partial charge in [-0.1, -0.05) is 18.2 Å². The zero-order valence-electron chi connectivity index (χ0n) is 20.1. The van der Waals surface area contributed by atoms with E-state index in [0.717, 1.165) is 24.1 Å². The molecule has 0 N–H and O–H groups in total. The third-order valence-electron chi connectivity index (χ3n) is 5.41. The van der Waals surface area contributed by atoms with Crippen molar-refractivity contribution < 1.29 is 9.13 Å². The van der Waals surface area contributed by atoms with Gasteiger partial charge in [-0.15, -0.1) is 0 Å². The molecule has 36 heavy (non-hydrogen) atoms. The van der Waals surface area contributed by atoms with Gasteiger partial charge in [-0.3, -0.25) is 4.79 Å². The Labute approximate surface area is 208 Å².